The molecular weight excluding hydrogens is 414 g/mol. The third-order valence-corrected chi connectivity index (χ3v) is 7.70. The van der Waals surface area contributed by atoms with Gasteiger partial charge in [0, 0.05) is 37.5 Å². The fourth-order valence-corrected chi connectivity index (χ4v) is 6.26. The summed E-state index contributed by atoms with van der Waals surface area (Å²) in [5, 5.41) is 0. The fourth-order valence-electron chi connectivity index (χ4n) is 6.26. The molecule has 5 heteroatoms. The quantitative estimate of drug-likeness (QED) is 0.295. The lowest BCUT2D eigenvalue weighted by Crippen LogP contribution is -2.67. The molecule has 0 radical (unpaired) electrons. The van der Waals surface area contributed by atoms with E-state index in [0.717, 1.165) is 69.8 Å². The number of Topliss-reactive ketones (excluding diaryl/α,β-unsaturated/α-hetero) is 1. The predicted molar refractivity (Wildman–Crippen MR) is 131 cm³/mol. The molecule has 1 aromatic carbocycles. The molecule has 2 fully saturated rings. The molecule has 1 amide bonds. The van der Waals surface area contributed by atoms with Crippen LogP contribution < -0.4 is 0 Å². The summed E-state index contributed by atoms with van der Waals surface area (Å²) in [7, 11) is 1.65. The number of amides is 1. The van der Waals surface area contributed by atoms with Crippen molar-refractivity contribution in [3.8, 4) is 0 Å². The Labute approximate surface area is 200 Å². The van der Waals surface area contributed by atoms with Crippen LogP contribution in [-0.2, 0) is 14.3 Å². The fraction of sp³-hybridized carbons (Fsp3) is 0.714. The van der Waals surface area contributed by atoms with Crippen LogP contribution in [0.5, 0.6) is 0 Å². The molecule has 33 heavy (non-hydrogen) atoms. The Hall–Kier alpha value is -1.72. The molecule has 2 aliphatic rings. The molecule has 5 nitrogen and oxygen atoms in total. The number of nitrogens with zero attached hydrogens (tertiary/aromatic N) is 1. The Morgan fingerprint density at radius 3 is 2.55 bits per heavy atom. The largest absolute Gasteiger partial charge is 0.359 e. The molecule has 0 bridgehead atoms. The van der Waals surface area contributed by atoms with Gasteiger partial charge in [-0.2, -0.15) is 0 Å². The van der Waals surface area contributed by atoms with E-state index in [1.165, 1.54) is 0 Å². The maximum atomic E-state index is 14.1. The highest BCUT2D eigenvalue weighted by Gasteiger charge is 2.56. The average Bonchev–Trinajstić information content (AvgIpc) is 2.82. The molecule has 184 valence electrons. The van der Waals surface area contributed by atoms with Crippen molar-refractivity contribution in [2.75, 3.05) is 13.9 Å². The standard InChI is InChI=1S/C28H43NO4/c1-4-6-9-15-23-19-24(30)20-28(29(23)27(31)22-13-10-8-11-14-22)18-12-17-26(33-21-32-3)25(28)16-7-5-2/h8,10-11,13-14,23,25-26H,4-7,9,12,15-21H2,1-3H3/t23-,25-,26+,28-/m0/s1. The van der Waals surface area contributed by atoms with Gasteiger partial charge in [0.15, 0.2) is 0 Å². The molecule has 1 aromatic rings. The number of piperidine rings is 1. The Kier molecular flexibility index (Phi) is 9.94. The van der Waals surface area contributed by atoms with E-state index in [2.05, 4.69) is 18.7 Å². The summed E-state index contributed by atoms with van der Waals surface area (Å²) in [4.78, 5) is 29.5. The number of methoxy groups -OCH3 is 1. The first-order valence-electron chi connectivity index (χ1n) is 13.1. The topological polar surface area (TPSA) is 55.8 Å². The van der Waals surface area contributed by atoms with E-state index in [0.29, 0.717) is 18.6 Å². The normalized spacial score (nSPS) is 27.8. The summed E-state index contributed by atoms with van der Waals surface area (Å²) < 4.78 is 11.5. The van der Waals surface area contributed by atoms with Crippen LogP contribution in [0.1, 0.15) is 101 Å². The number of hydrogen-bond donors (Lipinski definition) is 0. The lowest BCUT2D eigenvalue weighted by atomic mass is 9.63. The molecule has 0 N–H and O–H groups in total. The van der Waals surface area contributed by atoms with Crippen molar-refractivity contribution in [2.24, 2.45) is 5.92 Å². The molecule has 1 aliphatic heterocycles. The summed E-state index contributed by atoms with van der Waals surface area (Å²) in [6, 6.07) is 9.61. The van der Waals surface area contributed by atoms with Crippen molar-refractivity contribution in [1.29, 1.82) is 0 Å². The lowest BCUT2D eigenvalue weighted by Gasteiger charge is -2.58. The van der Waals surface area contributed by atoms with Crippen LogP contribution in [0, 0.1) is 5.92 Å². The first-order chi connectivity index (χ1) is 16.1. The van der Waals surface area contributed by atoms with E-state index in [4.69, 9.17) is 9.47 Å². The van der Waals surface area contributed by atoms with Crippen molar-refractivity contribution in [3.05, 3.63) is 35.9 Å². The maximum absolute atomic E-state index is 14.1. The predicted octanol–water partition coefficient (Wildman–Crippen LogP) is 6.16. The van der Waals surface area contributed by atoms with Gasteiger partial charge in [-0.05, 0) is 44.2 Å². The molecule has 0 unspecified atom stereocenters. The van der Waals surface area contributed by atoms with Crippen LogP contribution in [-0.4, -0.2) is 48.2 Å². The zero-order chi connectivity index (χ0) is 23.7. The molecule has 1 saturated carbocycles. The highest BCUT2D eigenvalue weighted by molar-refractivity contribution is 5.97. The number of rotatable bonds is 11. The number of ether oxygens (including phenoxy) is 2. The third kappa shape index (κ3) is 6.05. The van der Waals surface area contributed by atoms with Crippen LogP contribution in [0.2, 0.25) is 0 Å². The maximum Gasteiger partial charge on any atom is 0.254 e. The van der Waals surface area contributed by atoms with Crippen molar-refractivity contribution in [1.82, 2.24) is 4.90 Å². The van der Waals surface area contributed by atoms with Gasteiger partial charge in [-0.25, -0.2) is 0 Å². The number of carbonyl (C=O) groups excluding carboxylic acids is 2. The second-order valence-corrected chi connectivity index (χ2v) is 9.97. The van der Waals surface area contributed by atoms with E-state index in [1.807, 2.05) is 30.3 Å². The van der Waals surface area contributed by atoms with Gasteiger partial charge in [-0.1, -0.05) is 64.2 Å². The van der Waals surface area contributed by atoms with Gasteiger partial charge in [0.25, 0.3) is 5.91 Å². The van der Waals surface area contributed by atoms with Crippen molar-refractivity contribution in [3.63, 3.8) is 0 Å². The highest BCUT2D eigenvalue weighted by Crippen LogP contribution is 2.49. The molecule has 1 spiro atoms. The number of benzene rings is 1. The first-order valence-corrected chi connectivity index (χ1v) is 13.1. The van der Waals surface area contributed by atoms with E-state index in [9.17, 15) is 9.59 Å². The van der Waals surface area contributed by atoms with Crippen LogP contribution in [0.3, 0.4) is 0 Å². The molecule has 3 rings (SSSR count). The van der Waals surface area contributed by atoms with Gasteiger partial charge in [0.1, 0.15) is 12.6 Å². The minimum Gasteiger partial charge on any atom is -0.359 e. The van der Waals surface area contributed by atoms with Crippen molar-refractivity contribution < 1.29 is 19.1 Å². The van der Waals surface area contributed by atoms with Gasteiger partial charge in [-0.15, -0.1) is 0 Å². The Bertz CT molecular complexity index is 752. The van der Waals surface area contributed by atoms with Gasteiger partial charge in [-0.3, -0.25) is 9.59 Å². The first kappa shape index (κ1) is 25.9. The second kappa shape index (κ2) is 12.7. The molecule has 4 atom stereocenters. The van der Waals surface area contributed by atoms with E-state index < -0.39 is 5.54 Å². The summed E-state index contributed by atoms with van der Waals surface area (Å²) in [5.74, 6) is 0.535. The van der Waals surface area contributed by atoms with Gasteiger partial charge >= 0.3 is 0 Å². The highest BCUT2D eigenvalue weighted by atomic mass is 16.7. The van der Waals surface area contributed by atoms with Crippen LogP contribution in [0.15, 0.2) is 30.3 Å². The SMILES string of the molecule is CCCCC[C@H]1CC(=O)C[C@]2(CCC[C@@H](OCOC)[C@@H]2CCCC)N1C(=O)c1ccccc1. The van der Waals surface area contributed by atoms with Gasteiger partial charge < -0.3 is 14.4 Å². The zero-order valence-electron chi connectivity index (χ0n) is 20.9. The van der Waals surface area contributed by atoms with Crippen molar-refractivity contribution in [2.45, 2.75) is 109 Å². The molecular formula is C28H43NO4. The van der Waals surface area contributed by atoms with E-state index in [-0.39, 0.29) is 30.8 Å². The monoisotopic (exact) mass is 457 g/mol. The molecule has 0 aromatic heterocycles. The van der Waals surface area contributed by atoms with Gasteiger partial charge in [0.2, 0.25) is 0 Å². The smallest absolute Gasteiger partial charge is 0.254 e. The Morgan fingerprint density at radius 2 is 1.85 bits per heavy atom. The van der Waals surface area contributed by atoms with Gasteiger partial charge in [0.05, 0.1) is 11.6 Å². The summed E-state index contributed by atoms with van der Waals surface area (Å²) in [6.07, 6.45) is 11.1. The number of unbranched alkanes of at least 4 members (excludes halogenated alkanes) is 3. The van der Waals surface area contributed by atoms with Crippen molar-refractivity contribution >= 4 is 11.7 Å². The van der Waals surface area contributed by atoms with Crippen LogP contribution in [0.25, 0.3) is 0 Å². The summed E-state index contributed by atoms with van der Waals surface area (Å²) >= 11 is 0. The second-order valence-electron chi connectivity index (χ2n) is 9.97. The lowest BCUT2D eigenvalue weighted by molar-refractivity contribution is -0.158. The minimum atomic E-state index is -0.467. The van der Waals surface area contributed by atoms with E-state index >= 15 is 0 Å². The summed E-state index contributed by atoms with van der Waals surface area (Å²) in [6.45, 7) is 4.65. The molecule has 1 aliphatic carbocycles. The van der Waals surface area contributed by atoms with Crippen LogP contribution in [0.4, 0.5) is 0 Å². The number of ketones is 1. The number of hydrogen-bond acceptors (Lipinski definition) is 4. The zero-order valence-corrected chi connectivity index (χ0v) is 20.9. The molecule has 1 saturated heterocycles. The van der Waals surface area contributed by atoms with E-state index in [1.54, 1.807) is 7.11 Å². The Morgan fingerprint density at radius 1 is 1.09 bits per heavy atom. The third-order valence-electron chi connectivity index (χ3n) is 7.70. The number of likely N-dealkylation sites (tertiary alicyclic amines) is 1. The molecule has 1 heterocycles. The average molecular weight is 458 g/mol. The summed E-state index contributed by atoms with van der Waals surface area (Å²) in [5.41, 5.74) is 0.256. The Balaban J connectivity index is 2.04. The minimum absolute atomic E-state index is 0.0125. The number of carbonyl (C=O) groups is 2. The van der Waals surface area contributed by atoms with Crippen LogP contribution >= 0.6 is 0 Å².